The number of hydrogen-bond donors (Lipinski definition) is 1. The smallest absolute Gasteiger partial charge is 0.185 e. The largest absolute Gasteiger partial charge is 0.491 e. The van der Waals surface area contributed by atoms with E-state index in [1.807, 2.05) is 46.8 Å². The Kier molecular flexibility index (Phi) is 6.45. The Morgan fingerprint density at radius 1 is 0.962 bits per heavy atom. The highest BCUT2D eigenvalue weighted by Crippen LogP contribution is 2.31. The van der Waals surface area contributed by atoms with Crippen LogP contribution >= 0.6 is 0 Å². The molecule has 138 valence electrons. The number of carbonyl (C=O) groups excluding carboxylic acids is 1. The van der Waals surface area contributed by atoms with Gasteiger partial charge in [-0.15, -0.1) is 0 Å². The molecule has 0 bridgehead atoms. The molecular weight excluding hydrogens is 326 g/mol. The van der Waals surface area contributed by atoms with Crippen LogP contribution in [0.1, 0.15) is 49.2 Å². The molecule has 0 aliphatic rings. The van der Waals surface area contributed by atoms with E-state index in [2.05, 4.69) is 0 Å². The third-order valence-electron chi connectivity index (χ3n) is 3.64. The van der Waals surface area contributed by atoms with Gasteiger partial charge in [0.2, 0.25) is 0 Å². The minimum atomic E-state index is -0.0827. The van der Waals surface area contributed by atoms with E-state index in [0.717, 1.165) is 16.9 Å². The average molecular weight is 353 g/mol. The van der Waals surface area contributed by atoms with Crippen LogP contribution in [0.3, 0.4) is 0 Å². The van der Waals surface area contributed by atoms with Crippen molar-refractivity contribution in [2.45, 2.75) is 46.8 Å². The fourth-order valence-electron chi connectivity index (χ4n) is 2.47. The van der Waals surface area contributed by atoms with Gasteiger partial charge in [0.15, 0.2) is 5.78 Å². The Hall–Kier alpha value is -2.75. The molecule has 26 heavy (non-hydrogen) atoms. The van der Waals surface area contributed by atoms with Gasteiger partial charge >= 0.3 is 0 Å². The van der Waals surface area contributed by atoms with Crippen LogP contribution in [0.5, 0.6) is 11.5 Å². The Labute approximate surface area is 155 Å². The molecule has 0 saturated carbocycles. The zero-order chi connectivity index (χ0) is 19.3. The third-order valence-corrected chi connectivity index (χ3v) is 3.64. The zero-order valence-corrected chi connectivity index (χ0v) is 16.1. The molecule has 0 heterocycles. The molecule has 0 aliphatic heterocycles. The van der Waals surface area contributed by atoms with Gasteiger partial charge in [0.05, 0.1) is 12.2 Å². The number of carbonyl (C=O) groups is 1. The summed E-state index contributed by atoms with van der Waals surface area (Å²) in [6.45, 7) is 9.89. The lowest BCUT2D eigenvalue weighted by molar-refractivity contribution is 0.104. The van der Waals surface area contributed by atoms with Gasteiger partial charge in [-0.05, 0) is 82.7 Å². The first kappa shape index (κ1) is 19.6. The molecule has 0 atom stereocenters. The second-order valence-corrected chi connectivity index (χ2v) is 6.81. The van der Waals surface area contributed by atoms with Crippen LogP contribution in [0.25, 0.3) is 6.08 Å². The quantitative estimate of drug-likeness (QED) is 0.430. The summed E-state index contributed by atoms with van der Waals surface area (Å²) in [6.07, 6.45) is 3.43. The molecule has 0 fully saturated rings. The van der Waals surface area contributed by atoms with Crippen LogP contribution in [-0.4, -0.2) is 18.0 Å². The SMILES string of the molecule is Cc1cc(C=CC(=O)c2ccc(N)cc2)c(OC(C)C)cc1OC(C)C. The molecule has 0 spiro atoms. The first-order chi connectivity index (χ1) is 12.3. The minimum Gasteiger partial charge on any atom is -0.491 e. The molecule has 0 saturated heterocycles. The first-order valence-corrected chi connectivity index (χ1v) is 8.82. The fraction of sp³-hybridized carbons (Fsp3) is 0.318. The zero-order valence-electron chi connectivity index (χ0n) is 16.1. The number of allylic oxidation sites excluding steroid dienone is 1. The number of benzene rings is 2. The molecule has 0 radical (unpaired) electrons. The highest BCUT2D eigenvalue weighted by atomic mass is 16.5. The molecule has 2 N–H and O–H groups in total. The molecule has 2 aromatic carbocycles. The number of hydrogen-bond acceptors (Lipinski definition) is 4. The lowest BCUT2D eigenvalue weighted by atomic mass is 10.1. The van der Waals surface area contributed by atoms with Gasteiger partial charge in [0.25, 0.3) is 0 Å². The van der Waals surface area contributed by atoms with Crippen molar-refractivity contribution in [3.05, 3.63) is 59.2 Å². The van der Waals surface area contributed by atoms with Crippen molar-refractivity contribution in [3.63, 3.8) is 0 Å². The number of anilines is 1. The molecule has 0 unspecified atom stereocenters. The van der Waals surface area contributed by atoms with Gasteiger partial charge in [-0.25, -0.2) is 0 Å². The van der Waals surface area contributed by atoms with Crippen LogP contribution in [0.15, 0.2) is 42.5 Å². The van der Waals surface area contributed by atoms with E-state index in [1.165, 1.54) is 0 Å². The Morgan fingerprint density at radius 3 is 2.12 bits per heavy atom. The molecule has 2 rings (SSSR count). The maximum atomic E-state index is 12.4. The maximum Gasteiger partial charge on any atom is 0.185 e. The van der Waals surface area contributed by atoms with Crippen LogP contribution in [-0.2, 0) is 0 Å². The van der Waals surface area contributed by atoms with Crippen LogP contribution in [0.4, 0.5) is 5.69 Å². The number of ether oxygens (including phenoxy) is 2. The Balaban J connectivity index is 2.32. The standard InChI is InChI=1S/C22H27NO3/c1-14(2)25-21-13-22(26-15(3)4)18(12-16(21)5)8-11-20(24)17-6-9-19(23)10-7-17/h6-15H,23H2,1-5H3. The van der Waals surface area contributed by atoms with Crippen molar-refractivity contribution >= 4 is 17.5 Å². The number of nitrogens with two attached hydrogens (primary N) is 1. The predicted octanol–water partition coefficient (Wildman–Crippen LogP) is 5.05. The monoisotopic (exact) mass is 353 g/mol. The Morgan fingerprint density at radius 2 is 1.54 bits per heavy atom. The summed E-state index contributed by atoms with van der Waals surface area (Å²) in [5.74, 6) is 1.40. The topological polar surface area (TPSA) is 61.6 Å². The van der Waals surface area contributed by atoms with E-state index < -0.39 is 0 Å². The summed E-state index contributed by atoms with van der Waals surface area (Å²) in [5, 5.41) is 0. The van der Waals surface area contributed by atoms with Crippen molar-refractivity contribution < 1.29 is 14.3 Å². The van der Waals surface area contributed by atoms with Gasteiger partial charge in [-0.3, -0.25) is 4.79 Å². The summed E-state index contributed by atoms with van der Waals surface area (Å²) >= 11 is 0. The van der Waals surface area contributed by atoms with Crippen molar-refractivity contribution in [1.82, 2.24) is 0 Å². The van der Waals surface area contributed by atoms with E-state index in [0.29, 0.717) is 17.0 Å². The molecule has 2 aromatic rings. The predicted molar refractivity (Wildman–Crippen MR) is 107 cm³/mol. The van der Waals surface area contributed by atoms with E-state index >= 15 is 0 Å². The summed E-state index contributed by atoms with van der Waals surface area (Å²) < 4.78 is 11.8. The second-order valence-electron chi connectivity index (χ2n) is 6.81. The third kappa shape index (κ3) is 5.38. The second kappa shape index (κ2) is 8.56. The Bertz CT molecular complexity index is 790. The van der Waals surface area contributed by atoms with Gasteiger partial charge in [-0.1, -0.05) is 0 Å². The van der Waals surface area contributed by atoms with Crippen molar-refractivity contribution in [3.8, 4) is 11.5 Å². The summed E-state index contributed by atoms with van der Waals surface area (Å²) in [7, 11) is 0. The molecule has 0 amide bonds. The van der Waals surface area contributed by atoms with Gasteiger partial charge in [0.1, 0.15) is 11.5 Å². The molecule has 0 aromatic heterocycles. The summed E-state index contributed by atoms with van der Waals surface area (Å²) in [5.41, 5.74) is 8.73. The van der Waals surface area contributed by atoms with Crippen LogP contribution in [0.2, 0.25) is 0 Å². The number of ketones is 1. The van der Waals surface area contributed by atoms with Gasteiger partial charge in [-0.2, -0.15) is 0 Å². The summed E-state index contributed by atoms with van der Waals surface area (Å²) in [6, 6.07) is 10.7. The fourth-order valence-corrected chi connectivity index (χ4v) is 2.47. The van der Waals surface area contributed by atoms with E-state index in [4.69, 9.17) is 15.2 Å². The van der Waals surface area contributed by atoms with Gasteiger partial charge < -0.3 is 15.2 Å². The molecule has 4 heteroatoms. The van der Waals surface area contributed by atoms with E-state index in [-0.39, 0.29) is 18.0 Å². The van der Waals surface area contributed by atoms with Gasteiger partial charge in [0, 0.05) is 22.9 Å². The lowest BCUT2D eigenvalue weighted by Gasteiger charge is -2.18. The number of rotatable bonds is 7. The van der Waals surface area contributed by atoms with Crippen LogP contribution in [0, 0.1) is 6.92 Å². The lowest BCUT2D eigenvalue weighted by Crippen LogP contribution is -2.10. The first-order valence-electron chi connectivity index (χ1n) is 8.82. The van der Waals surface area contributed by atoms with Crippen molar-refractivity contribution in [1.29, 1.82) is 0 Å². The molecule has 4 nitrogen and oxygen atoms in total. The highest BCUT2D eigenvalue weighted by Gasteiger charge is 2.11. The normalized spacial score (nSPS) is 11.3. The van der Waals surface area contributed by atoms with E-state index in [1.54, 1.807) is 36.4 Å². The van der Waals surface area contributed by atoms with Crippen molar-refractivity contribution in [2.24, 2.45) is 0 Å². The average Bonchev–Trinajstić information content (AvgIpc) is 2.55. The minimum absolute atomic E-state index is 0.0181. The van der Waals surface area contributed by atoms with Crippen molar-refractivity contribution in [2.75, 3.05) is 5.73 Å². The number of aryl methyl sites for hydroxylation is 1. The maximum absolute atomic E-state index is 12.4. The highest BCUT2D eigenvalue weighted by molar-refractivity contribution is 6.07. The summed E-state index contributed by atoms with van der Waals surface area (Å²) in [4.78, 5) is 12.4. The number of nitrogen functional groups attached to an aromatic ring is 1. The molecule has 0 aliphatic carbocycles. The van der Waals surface area contributed by atoms with Crippen LogP contribution < -0.4 is 15.2 Å². The molecular formula is C22H27NO3. The van der Waals surface area contributed by atoms with E-state index in [9.17, 15) is 4.79 Å².